The third-order valence-electron chi connectivity index (χ3n) is 2.54. The molecule has 108 valence electrons. The van der Waals surface area contributed by atoms with Crippen LogP contribution in [0, 0.1) is 0 Å². The molecule has 0 radical (unpaired) electrons. The van der Waals surface area contributed by atoms with Crippen LogP contribution in [0.5, 0.6) is 0 Å². The zero-order valence-electron chi connectivity index (χ0n) is 12.0. The first kappa shape index (κ1) is 17.4. The minimum atomic E-state index is -0.299. The highest BCUT2D eigenvalue weighted by atomic mass is 16.6. The lowest BCUT2D eigenvalue weighted by atomic mass is 10.1. The molecule has 0 aromatic heterocycles. The molecule has 0 heterocycles. The number of rotatable bonds is 11. The van der Waals surface area contributed by atoms with Crippen LogP contribution in [0.2, 0.25) is 0 Å². The highest BCUT2D eigenvalue weighted by molar-refractivity contribution is 5.70. The molecule has 0 aliphatic rings. The molecule has 0 spiro atoms. The Hall–Kier alpha value is -0.650. The molecule has 0 saturated carbocycles. The van der Waals surface area contributed by atoms with Gasteiger partial charge in [0.25, 0.3) is 0 Å². The van der Waals surface area contributed by atoms with Gasteiger partial charge in [-0.15, -0.1) is 0 Å². The maximum Gasteiger partial charge on any atom is 0.332 e. The van der Waals surface area contributed by atoms with Crippen molar-refractivity contribution in [1.29, 1.82) is 0 Å². The van der Waals surface area contributed by atoms with Crippen LogP contribution in [0.25, 0.3) is 0 Å². The summed E-state index contributed by atoms with van der Waals surface area (Å²) in [7, 11) is 0. The van der Waals surface area contributed by atoms with Gasteiger partial charge in [0.2, 0.25) is 0 Å². The van der Waals surface area contributed by atoms with Gasteiger partial charge in [0.1, 0.15) is 6.61 Å². The number of hydrogen-bond donors (Lipinski definition) is 1. The number of carbonyl (C=O) groups is 1. The summed E-state index contributed by atoms with van der Waals surface area (Å²) in [5.41, 5.74) is 0. The lowest BCUT2D eigenvalue weighted by molar-refractivity contribution is -0.150. The van der Waals surface area contributed by atoms with Crippen LogP contribution in [0.3, 0.4) is 0 Å². The topological polar surface area (TPSA) is 56.8 Å². The van der Waals surface area contributed by atoms with Crippen molar-refractivity contribution in [3.63, 3.8) is 0 Å². The minimum Gasteiger partial charge on any atom is -0.464 e. The smallest absolute Gasteiger partial charge is 0.332 e. The monoisotopic (exact) mass is 261 g/mol. The largest absolute Gasteiger partial charge is 0.464 e. The predicted octanol–water partition coefficient (Wildman–Crippen LogP) is 1.71. The van der Waals surface area contributed by atoms with Gasteiger partial charge in [-0.2, -0.15) is 0 Å². The fourth-order valence-corrected chi connectivity index (χ4v) is 1.39. The lowest BCUT2D eigenvalue weighted by Gasteiger charge is -2.17. The Morgan fingerprint density at radius 3 is 2.50 bits per heavy atom. The summed E-state index contributed by atoms with van der Waals surface area (Å²) >= 11 is 0. The Morgan fingerprint density at radius 2 is 1.89 bits per heavy atom. The zero-order chi connectivity index (χ0) is 13.8. The van der Waals surface area contributed by atoms with Gasteiger partial charge in [0, 0.05) is 12.6 Å². The molecular weight excluding hydrogens is 234 g/mol. The summed E-state index contributed by atoms with van der Waals surface area (Å²) in [6.45, 7) is 9.56. The van der Waals surface area contributed by atoms with Gasteiger partial charge in [-0.05, 0) is 40.5 Å². The number of ether oxygens (including phenoxy) is 3. The van der Waals surface area contributed by atoms with Crippen LogP contribution in [0.4, 0.5) is 0 Å². The van der Waals surface area contributed by atoms with Crippen molar-refractivity contribution in [2.45, 2.75) is 52.7 Å². The molecule has 0 rings (SSSR count). The molecule has 0 aromatic rings. The second-order valence-electron chi connectivity index (χ2n) is 4.25. The zero-order valence-corrected chi connectivity index (χ0v) is 12.0. The van der Waals surface area contributed by atoms with Crippen molar-refractivity contribution in [2.24, 2.45) is 0 Å². The molecule has 0 aromatic carbocycles. The summed E-state index contributed by atoms with van der Waals surface area (Å²) in [5, 5.41) is 3.25. The summed E-state index contributed by atoms with van der Waals surface area (Å²) in [4.78, 5) is 11.1. The lowest BCUT2D eigenvalue weighted by Crippen LogP contribution is -2.29. The summed E-state index contributed by atoms with van der Waals surface area (Å²) < 4.78 is 15.4. The van der Waals surface area contributed by atoms with Gasteiger partial charge < -0.3 is 14.2 Å². The molecule has 2 unspecified atom stereocenters. The Labute approximate surface area is 110 Å². The van der Waals surface area contributed by atoms with Crippen LogP contribution >= 0.6 is 0 Å². The van der Waals surface area contributed by atoms with Crippen LogP contribution < -0.4 is 5.32 Å². The van der Waals surface area contributed by atoms with Crippen molar-refractivity contribution in [2.75, 3.05) is 26.6 Å². The fraction of sp³-hybridized carbons (Fsp3) is 0.923. The Bertz CT molecular complexity index is 211. The average molecular weight is 261 g/mol. The first-order valence-electron chi connectivity index (χ1n) is 6.68. The van der Waals surface area contributed by atoms with E-state index in [9.17, 15) is 4.79 Å². The highest BCUT2D eigenvalue weighted by Crippen LogP contribution is 2.05. The van der Waals surface area contributed by atoms with Crippen molar-refractivity contribution in [3.8, 4) is 0 Å². The van der Waals surface area contributed by atoms with E-state index in [1.807, 2.05) is 13.8 Å². The predicted molar refractivity (Wildman–Crippen MR) is 70.4 cm³/mol. The molecule has 0 saturated heterocycles. The molecule has 0 bridgehead atoms. The maximum atomic E-state index is 11.1. The van der Waals surface area contributed by atoms with Gasteiger partial charge in [0.05, 0.1) is 19.4 Å². The highest BCUT2D eigenvalue weighted by Gasteiger charge is 2.09. The number of hydrogen-bond acceptors (Lipinski definition) is 5. The van der Waals surface area contributed by atoms with Gasteiger partial charge in [-0.3, -0.25) is 5.32 Å². The third kappa shape index (κ3) is 10.5. The quantitative estimate of drug-likeness (QED) is 0.348. The number of nitrogens with one attached hydrogen (secondary N) is 1. The van der Waals surface area contributed by atoms with E-state index in [1.54, 1.807) is 6.92 Å². The Kier molecular flexibility index (Phi) is 11.0. The maximum absolute atomic E-state index is 11.1. The molecule has 5 heteroatoms. The van der Waals surface area contributed by atoms with E-state index in [0.29, 0.717) is 19.4 Å². The molecule has 18 heavy (non-hydrogen) atoms. The van der Waals surface area contributed by atoms with E-state index in [4.69, 9.17) is 14.2 Å². The number of carbonyl (C=O) groups excluding carboxylic acids is 1. The second-order valence-corrected chi connectivity index (χ2v) is 4.25. The van der Waals surface area contributed by atoms with Gasteiger partial charge in [-0.25, -0.2) is 4.79 Å². The van der Waals surface area contributed by atoms with Crippen molar-refractivity contribution in [1.82, 2.24) is 5.32 Å². The molecule has 5 nitrogen and oxygen atoms in total. The SMILES string of the molecule is CCOCNC(C)CCC(C)OCC(=O)OCC. The Balaban J connectivity index is 3.50. The van der Waals surface area contributed by atoms with Crippen LogP contribution in [-0.4, -0.2) is 44.7 Å². The van der Waals surface area contributed by atoms with E-state index >= 15 is 0 Å². The second kappa shape index (κ2) is 11.4. The minimum absolute atomic E-state index is 0.0375. The molecule has 0 amide bonds. The van der Waals surface area contributed by atoms with Crippen molar-refractivity contribution in [3.05, 3.63) is 0 Å². The summed E-state index contributed by atoms with van der Waals surface area (Å²) in [5.74, 6) is -0.299. The van der Waals surface area contributed by atoms with Crippen LogP contribution in [0.15, 0.2) is 0 Å². The summed E-state index contributed by atoms with van der Waals surface area (Å²) in [6, 6.07) is 0.380. The van der Waals surface area contributed by atoms with E-state index < -0.39 is 0 Å². The van der Waals surface area contributed by atoms with E-state index in [0.717, 1.165) is 19.4 Å². The molecular formula is C13H27NO4. The standard InChI is InChI=1S/C13H27NO4/c1-5-16-10-14-11(3)7-8-12(4)18-9-13(15)17-6-2/h11-12,14H,5-10H2,1-4H3. The van der Waals surface area contributed by atoms with E-state index in [-0.39, 0.29) is 18.7 Å². The van der Waals surface area contributed by atoms with Crippen LogP contribution in [0.1, 0.15) is 40.5 Å². The van der Waals surface area contributed by atoms with Crippen molar-refractivity contribution >= 4 is 5.97 Å². The normalized spacial score (nSPS) is 14.2. The van der Waals surface area contributed by atoms with E-state index in [2.05, 4.69) is 12.2 Å². The third-order valence-corrected chi connectivity index (χ3v) is 2.54. The van der Waals surface area contributed by atoms with Gasteiger partial charge in [0.15, 0.2) is 0 Å². The molecule has 0 aliphatic carbocycles. The van der Waals surface area contributed by atoms with Crippen LogP contribution in [-0.2, 0) is 19.0 Å². The fourth-order valence-electron chi connectivity index (χ4n) is 1.39. The molecule has 0 fully saturated rings. The first-order valence-corrected chi connectivity index (χ1v) is 6.68. The van der Waals surface area contributed by atoms with Gasteiger partial charge in [-0.1, -0.05) is 0 Å². The molecule has 2 atom stereocenters. The van der Waals surface area contributed by atoms with Crippen molar-refractivity contribution < 1.29 is 19.0 Å². The molecule has 1 N–H and O–H groups in total. The van der Waals surface area contributed by atoms with Gasteiger partial charge >= 0.3 is 5.97 Å². The van der Waals surface area contributed by atoms with E-state index in [1.165, 1.54) is 0 Å². The average Bonchev–Trinajstić information content (AvgIpc) is 2.34. The number of esters is 1. The first-order chi connectivity index (χ1) is 8.60. The molecule has 0 aliphatic heterocycles. The Morgan fingerprint density at radius 1 is 1.17 bits per heavy atom. The summed E-state index contributed by atoms with van der Waals surface area (Å²) in [6.07, 6.45) is 1.95.